The van der Waals surface area contributed by atoms with Crippen LogP contribution in [0.2, 0.25) is 0 Å². The SMILES string of the molecule is COCCO[C@@H]1[C@H](OC(c2ccccc2)(c2ccc(OC)cc2)c2ccc(OC)cc2)[C@@H](COP(OCCC#N)N(C(C)C)C(C)C)O[C@H]1n1cc(C)c(NC(=O)c2ccccc2)nc1=O. The summed E-state index contributed by atoms with van der Waals surface area (Å²) in [5, 5.41) is 12.2. The Morgan fingerprint density at radius 3 is 1.94 bits per heavy atom. The van der Waals surface area contributed by atoms with Crippen LogP contribution in [0.4, 0.5) is 5.82 Å². The lowest BCUT2D eigenvalue weighted by Gasteiger charge is -2.41. The van der Waals surface area contributed by atoms with Gasteiger partial charge in [0.2, 0.25) is 0 Å². The van der Waals surface area contributed by atoms with Crippen molar-refractivity contribution in [2.75, 3.05) is 53.1 Å². The quantitative estimate of drug-likeness (QED) is 0.0378. The first-order valence-corrected chi connectivity index (χ1v) is 23.0. The summed E-state index contributed by atoms with van der Waals surface area (Å²) in [6.45, 7) is 10.4. The Balaban J connectivity index is 1.53. The van der Waals surface area contributed by atoms with Crippen LogP contribution in [-0.4, -0.2) is 98.3 Å². The number of amides is 1. The van der Waals surface area contributed by atoms with Crippen LogP contribution < -0.4 is 20.5 Å². The molecule has 15 nitrogen and oxygen atoms in total. The molecule has 2 heterocycles. The average molecular weight is 922 g/mol. The number of hydrogen-bond donors (Lipinski definition) is 1. The van der Waals surface area contributed by atoms with Crippen molar-refractivity contribution in [2.24, 2.45) is 0 Å². The van der Waals surface area contributed by atoms with Crippen LogP contribution in [0, 0.1) is 18.3 Å². The van der Waals surface area contributed by atoms with Crippen LogP contribution >= 0.6 is 8.53 Å². The van der Waals surface area contributed by atoms with E-state index in [9.17, 15) is 14.9 Å². The lowest BCUT2D eigenvalue weighted by Crippen LogP contribution is -2.47. The molecule has 0 aliphatic carbocycles. The molecule has 4 aromatic carbocycles. The summed E-state index contributed by atoms with van der Waals surface area (Å²) in [7, 11) is 3.08. The minimum atomic E-state index is -1.73. The van der Waals surface area contributed by atoms with Crippen molar-refractivity contribution in [2.45, 2.75) is 83.3 Å². The van der Waals surface area contributed by atoms with E-state index in [4.69, 9.17) is 37.5 Å². The van der Waals surface area contributed by atoms with Gasteiger partial charge >= 0.3 is 5.69 Å². The maximum absolute atomic E-state index is 14.3. The number of rotatable bonds is 23. The van der Waals surface area contributed by atoms with Gasteiger partial charge in [-0.05, 0) is 87.7 Å². The van der Waals surface area contributed by atoms with Crippen molar-refractivity contribution in [3.05, 3.63) is 154 Å². The number of carbonyl (C=O) groups is 1. The molecule has 5 aromatic rings. The van der Waals surface area contributed by atoms with Crippen LogP contribution in [-0.2, 0) is 33.6 Å². The summed E-state index contributed by atoms with van der Waals surface area (Å²) in [6.07, 6.45) is -2.19. The number of anilines is 1. The maximum Gasteiger partial charge on any atom is 0.351 e. The minimum absolute atomic E-state index is 0.0250. The number of aryl methyl sites for hydroxylation is 1. The highest BCUT2D eigenvalue weighted by atomic mass is 31.2. The minimum Gasteiger partial charge on any atom is -0.497 e. The Morgan fingerprint density at radius 2 is 1.39 bits per heavy atom. The standard InChI is InChI=1S/C50H60N5O10P/c1-34(2)55(35(3)4)66(62-29-15-28-51)63-33-43-44(65-50(38-18-13-10-14-19-38,39-20-24-41(59-7)25-21-39)40-22-26-42(60-8)27-23-40)45(61-31-30-58-6)48(64-43)54-32-36(5)46(53-49(54)57)52-47(56)37-16-11-9-12-17-37/h9-14,16-27,32,34-35,43-45,48H,15,29-31,33H2,1-8H3,(H,52,53,56,57)/t43-,44-,45-,48-,66?/m1/s1. The molecule has 1 fully saturated rings. The Bertz CT molecular complexity index is 2340. The topological polar surface area (TPSA) is 165 Å². The van der Waals surface area contributed by atoms with E-state index in [1.807, 2.05) is 84.9 Å². The van der Waals surface area contributed by atoms with Crippen molar-refractivity contribution in [1.29, 1.82) is 5.26 Å². The van der Waals surface area contributed by atoms with E-state index in [0.717, 1.165) is 16.7 Å². The number of nitriles is 1. The van der Waals surface area contributed by atoms with E-state index in [1.54, 1.807) is 58.7 Å². The van der Waals surface area contributed by atoms with Crippen LogP contribution in [0.1, 0.15) is 73.0 Å². The van der Waals surface area contributed by atoms with Gasteiger partial charge in [-0.15, -0.1) is 0 Å². The fourth-order valence-corrected chi connectivity index (χ4v) is 9.60. The fraction of sp³-hybridized carbons (Fsp3) is 0.400. The number of aromatic nitrogens is 2. The van der Waals surface area contributed by atoms with E-state index < -0.39 is 50.3 Å². The molecule has 1 aliphatic rings. The van der Waals surface area contributed by atoms with Crippen LogP contribution in [0.15, 0.2) is 120 Å². The van der Waals surface area contributed by atoms with Gasteiger partial charge in [-0.2, -0.15) is 10.2 Å². The third-order valence-corrected chi connectivity index (χ3v) is 13.1. The van der Waals surface area contributed by atoms with Crippen molar-refractivity contribution in [3.63, 3.8) is 0 Å². The Morgan fingerprint density at radius 1 is 0.818 bits per heavy atom. The molecule has 1 amide bonds. The number of ether oxygens (including phenoxy) is 6. The van der Waals surface area contributed by atoms with E-state index in [0.29, 0.717) is 22.6 Å². The summed E-state index contributed by atoms with van der Waals surface area (Å²) >= 11 is 0. The fourth-order valence-electron chi connectivity index (χ4n) is 7.98. The molecule has 0 saturated carbocycles. The highest BCUT2D eigenvalue weighted by Gasteiger charge is 2.53. The van der Waals surface area contributed by atoms with Gasteiger partial charge in [0.25, 0.3) is 14.4 Å². The number of nitrogens with zero attached hydrogens (tertiary/aromatic N) is 4. The molecular formula is C50H60N5O10P. The second kappa shape index (κ2) is 23.8. The van der Waals surface area contributed by atoms with Crippen LogP contribution in [0.3, 0.4) is 0 Å². The molecule has 1 aliphatic heterocycles. The Labute approximate surface area is 388 Å². The largest absolute Gasteiger partial charge is 0.497 e. The Hall–Kier alpha value is -5.53. The highest BCUT2D eigenvalue weighted by molar-refractivity contribution is 7.44. The van der Waals surface area contributed by atoms with E-state index in [2.05, 4.69) is 48.7 Å². The lowest BCUT2D eigenvalue weighted by molar-refractivity contribution is -0.128. The smallest absolute Gasteiger partial charge is 0.351 e. The number of nitrogens with one attached hydrogen (secondary N) is 1. The van der Waals surface area contributed by atoms with Gasteiger partial charge in [0.05, 0.1) is 53.1 Å². The molecule has 6 rings (SSSR count). The number of benzene rings is 4. The third-order valence-electron chi connectivity index (χ3n) is 11.1. The normalized spacial score (nSPS) is 17.8. The Kier molecular flexibility index (Phi) is 18.0. The molecular weight excluding hydrogens is 862 g/mol. The first-order valence-electron chi connectivity index (χ1n) is 21.9. The number of methoxy groups -OCH3 is 3. The van der Waals surface area contributed by atoms with Crippen molar-refractivity contribution in [3.8, 4) is 17.6 Å². The zero-order valence-electron chi connectivity index (χ0n) is 38.8. The molecule has 1 saturated heterocycles. The first-order chi connectivity index (χ1) is 31.9. The van der Waals surface area contributed by atoms with Crippen molar-refractivity contribution >= 4 is 20.3 Å². The van der Waals surface area contributed by atoms with Gasteiger partial charge in [0, 0.05) is 36.5 Å². The predicted octanol–water partition coefficient (Wildman–Crippen LogP) is 8.42. The summed E-state index contributed by atoms with van der Waals surface area (Å²) in [6, 6.07) is 36.1. The molecule has 66 heavy (non-hydrogen) atoms. The second-order valence-electron chi connectivity index (χ2n) is 16.1. The van der Waals surface area contributed by atoms with E-state index in [-0.39, 0.29) is 50.7 Å². The molecule has 0 spiro atoms. The van der Waals surface area contributed by atoms with Gasteiger partial charge in [0.15, 0.2) is 6.23 Å². The lowest BCUT2D eigenvalue weighted by atomic mass is 9.79. The van der Waals surface area contributed by atoms with Gasteiger partial charge in [-0.25, -0.2) is 9.46 Å². The summed E-state index contributed by atoms with van der Waals surface area (Å²) in [5.41, 5.74) is 1.20. The number of carbonyl (C=O) groups excluding carboxylic acids is 1. The van der Waals surface area contributed by atoms with Gasteiger partial charge < -0.3 is 42.8 Å². The van der Waals surface area contributed by atoms with Crippen molar-refractivity contribution in [1.82, 2.24) is 14.2 Å². The molecule has 1 unspecified atom stereocenters. The summed E-state index contributed by atoms with van der Waals surface area (Å²) in [5.74, 6) is 1.01. The van der Waals surface area contributed by atoms with Crippen molar-refractivity contribution < 1.29 is 42.3 Å². The maximum atomic E-state index is 14.3. The second-order valence-corrected chi connectivity index (χ2v) is 17.6. The summed E-state index contributed by atoms with van der Waals surface area (Å²) in [4.78, 5) is 31.9. The van der Waals surface area contributed by atoms with E-state index >= 15 is 0 Å². The van der Waals surface area contributed by atoms with Crippen LogP contribution in [0.5, 0.6) is 11.5 Å². The number of hydrogen-bond acceptors (Lipinski definition) is 13. The van der Waals surface area contributed by atoms with Gasteiger partial charge in [-0.1, -0.05) is 72.8 Å². The van der Waals surface area contributed by atoms with Gasteiger partial charge in [0.1, 0.15) is 41.2 Å². The molecule has 0 radical (unpaired) electrons. The molecule has 16 heteroatoms. The molecule has 1 N–H and O–H groups in total. The monoisotopic (exact) mass is 921 g/mol. The predicted molar refractivity (Wildman–Crippen MR) is 252 cm³/mol. The third kappa shape index (κ3) is 11.7. The molecule has 1 aromatic heterocycles. The highest BCUT2D eigenvalue weighted by Crippen LogP contribution is 2.49. The van der Waals surface area contributed by atoms with Crippen LogP contribution in [0.25, 0.3) is 0 Å². The zero-order chi connectivity index (χ0) is 47.2. The van der Waals surface area contributed by atoms with Gasteiger partial charge in [-0.3, -0.25) is 9.36 Å². The molecule has 0 bridgehead atoms. The average Bonchev–Trinajstić information content (AvgIpc) is 3.66. The zero-order valence-corrected chi connectivity index (χ0v) is 39.7. The molecule has 350 valence electrons. The summed E-state index contributed by atoms with van der Waals surface area (Å²) < 4.78 is 54.8. The first kappa shape index (κ1) is 49.9. The van der Waals surface area contributed by atoms with E-state index in [1.165, 1.54) is 4.57 Å². The molecule has 5 atom stereocenters.